The van der Waals surface area contributed by atoms with Gasteiger partial charge < -0.3 is 9.88 Å². The quantitative estimate of drug-likeness (QED) is 0.881. The smallest absolute Gasteiger partial charge is 0.0630 e. The third-order valence-electron chi connectivity index (χ3n) is 3.14. The fourth-order valence-electron chi connectivity index (χ4n) is 2.20. The van der Waals surface area contributed by atoms with Gasteiger partial charge in [0.15, 0.2) is 0 Å². The molecule has 2 nitrogen and oxygen atoms in total. The lowest BCUT2D eigenvalue weighted by Gasteiger charge is -2.10. The van der Waals surface area contributed by atoms with Gasteiger partial charge in [-0.2, -0.15) is 0 Å². The third kappa shape index (κ3) is 2.62. The first kappa shape index (κ1) is 13.6. The number of benzene rings is 1. The normalized spacial score (nSPS) is 11.9. The highest BCUT2D eigenvalue weighted by Crippen LogP contribution is 2.30. The van der Waals surface area contributed by atoms with Gasteiger partial charge in [0, 0.05) is 34.7 Å². The van der Waals surface area contributed by atoms with Crippen molar-refractivity contribution in [2.24, 2.45) is 0 Å². The molecule has 1 aromatic heterocycles. The Kier molecular flexibility index (Phi) is 4.13. The zero-order valence-electron chi connectivity index (χ0n) is 11.5. The average molecular weight is 309 g/mol. The maximum atomic E-state index is 3.67. The summed E-state index contributed by atoms with van der Waals surface area (Å²) in [6.45, 7) is 9.72. The highest BCUT2D eigenvalue weighted by molar-refractivity contribution is 9.10. The van der Waals surface area contributed by atoms with Crippen LogP contribution in [0.1, 0.15) is 39.3 Å². The molecule has 0 unspecified atom stereocenters. The van der Waals surface area contributed by atoms with Crippen molar-refractivity contribution in [3.05, 3.63) is 34.4 Å². The van der Waals surface area contributed by atoms with E-state index in [0.29, 0.717) is 12.1 Å². The van der Waals surface area contributed by atoms with E-state index in [2.05, 4.69) is 77.9 Å². The molecular weight excluding hydrogens is 288 g/mol. The number of para-hydroxylation sites is 1. The molecule has 2 aromatic rings. The Morgan fingerprint density at radius 3 is 2.56 bits per heavy atom. The molecule has 0 saturated carbocycles. The van der Waals surface area contributed by atoms with Crippen LogP contribution in [0, 0.1) is 0 Å². The minimum atomic E-state index is 0.471. The molecule has 1 aromatic carbocycles. The van der Waals surface area contributed by atoms with Crippen molar-refractivity contribution in [1.82, 2.24) is 9.88 Å². The summed E-state index contributed by atoms with van der Waals surface area (Å²) in [4.78, 5) is 0. The molecule has 0 bridgehead atoms. The maximum Gasteiger partial charge on any atom is 0.0630 e. The van der Waals surface area contributed by atoms with E-state index >= 15 is 0 Å². The Bertz CT molecular complexity index is 541. The van der Waals surface area contributed by atoms with Crippen LogP contribution in [0.3, 0.4) is 0 Å². The number of rotatable bonds is 4. The fourth-order valence-corrected chi connectivity index (χ4v) is 2.77. The van der Waals surface area contributed by atoms with Crippen molar-refractivity contribution in [1.29, 1.82) is 0 Å². The Morgan fingerprint density at radius 2 is 1.94 bits per heavy atom. The Hall–Kier alpha value is -0.800. The van der Waals surface area contributed by atoms with Gasteiger partial charge in [-0.25, -0.2) is 0 Å². The molecule has 0 aliphatic heterocycles. The Labute approximate surface area is 118 Å². The standard InChI is InChI=1S/C15H21BrN2/c1-10(2)17-8-12-9-18(11(3)4)15-13(12)6-5-7-14(15)16/h5-7,9-11,17H,8H2,1-4H3. The van der Waals surface area contributed by atoms with Gasteiger partial charge in [0.2, 0.25) is 0 Å². The molecule has 0 fully saturated rings. The number of nitrogens with zero attached hydrogens (tertiary/aromatic N) is 1. The second-order valence-corrected chi connectivity index (χ2v) is 6.18. The molecule has 0 spiro atoms. The second kappa shape index (κ2) is 5.45. The number of hydrogen-bond acceptors (Lipinski definition) is 1. The molecule has 18 heavy (non-hydrogen) atoms. The molecule has 98 valence electrons. The molecule has 0 radical (unpaired) electrons. The van der Waals surface area contributed by atoms with Gasteiger partial charge in [-0.15, -0.1) is 0 Å². The van der Waals surface area contributed by atoms with Gasteiger partial charge in [0.1, 0.15) is 0 Å². The fraction of sp³-hybridized carbons (Fsp3) is 0.467. The summed E-state index contributed by atoms with van der Waals surface area (Å²) in [5.41, 5.74) is 2.67. The Balaban J connectivity index is 2.51. The summed E-state index contributed by atoms with van der Waals surface area (Å²) in [5.74, 6) is 0. The number of aromatic nitrogens is 1. The number of halogens is 1. The summed E-state index contributed by atoms with van der Waals surface area (Å²) < 4.78 is 3.51. The Morgan fingerprint density at radius 1 is 1.22 bits per heavy atom. The molecule has 0 amide bonds. The highest BCUT2D eigenvalue weighted by Gasteiger charge is 2.12. The number of nitrogens with one attached hydrogen (secondary N) is 1. The number of hydrogen-bond donors (Lipinski definition) is 1. The lowest BCUT2D eigenvalue weighted by atomic mass is 10.1. The summed E-state index contributed by atoms with van der Waals surface area (Å²) in [6.07, 6.45) is 2.27. The lowest BCUT2D eigenvalue weighted by molar-refractivity contribution is 0.583. The third-order valence-corrected chi connectivity index (χ3v) is 3.78. The van der Waals surface area contributed by atoms with Crippen LogP contribution in [0.4, 0.5) is 0 Å². The zero-order chi connectivity index (χ0) is 13.3. The predicted molar refractivity (Wildman–Crippen MR) is 82.0 cm³/mol. The first-order chi connectivity index (χ1) is 8.50. The van der Waals surface area contributed by atoms with Gasteiger partial charge in [0.05, 0.1) is 5.52 Å². The predicted octanol–water partition coefficient (Wildman–Crippen LogP) is 4.48. The van der Waals surface area contributed by atoms with E-state index in [4.69, 9.17) is 0 Å². The topological polar surface area (TPSA) is 17.0 Å². The molecule has 2 rings (SSSR count). The van der Waals surface area contributed by atoms with Crippen molar-refractivity contribution in [2.75, 3.05) is 0 Å². The van der Waals surface area contributed by atoms with E-state index < -0.39 is 0 Å². The van der Waals surface area contributed by atoms with Crippen LogP contribution < -0.4 is 5.32 Å². The molecule has 0 saturated heterocycles. The van der Waals surface area contributed by atoms with Crippen LogP contribution in [-0.4, -0.2) is 10.6 Å². The first-order valence-corrected chi connectivity index (χ1v) is 7.31. The molecular formula is C15H21BrN2. The van der Waals surface area contributed by atoms with Crippen LogP contribution in [0.2, 0.25) is 0 Å². The van der Waals surface area contributed by atoms with Crippen LogP contribution in [0.15, 0.2) is 28.9 Å². The minimum absolute atomic E-state index is 0.471. The largest absolute Gasteiger partial charge is 0.344 e. The van der Waals surface area contributed by atoms with Crippen molar-refractivity contribution in [3.63, 3.8) is 0 Å². The van der Waals surface area contributed by atoms with E-state index in [1.54, 1.807) is 0 Å². The van der Waals surface area contributed by atoms with E-state index in [9.17, 15) is 0 Å². The van der Waals surface area contributed by atoms with Gasteiger partial charge >= 0.3 is 0 Å². The molecule has 0 atom stereocenters. The van der Waals surface area contributed by atoms with Crippen molar-refractivity contribution in [2.45, 2.75) is 46.3 Å². The first-order valence-electron chi connectivity index (χ1n) is 6.52. The minimum Gasteiger partial charge on any atom is -0.344 e. The highest BCUT2D eigenvalue weighted by atomic mass is 79.9. The van der Waals surface area contributed by atoms with Gasteiger partial charge in [-0.05, 0) is 41.4 Å². The lowest BCUT2D eigenvalue weighted by Crippen LogP contribution is -2.21. The van der Waals surface area contributed by atoms with Crippen molar-refractivity contribution >= 4 is 26.8 Å². The summed E-state index contributed by atoms with van der Waals surface area (Å²) in [5, 5.41) is 4.84. The SMILES string of the molecule is CC(C)NCc1cn(C(C)C)c2c(Br)cccc12. The monoisotopic (exact) mass is 308 g/mol. The summed E-state index contributed by atoms with van der Waals surface area (Å²) >= 11 is 3.67. The van der Waals surface area contributed by atoms with Crippen LogP contribution in [0.25, 0.3) is 10.9 Å². The molecule has 3 heteroatoms. The molecule has 1 N–H and O–H groups in total. The van der Waals surface area contributed by atoms with Crippen molar-refractivity contribution in [3.8, 4) is 0 Å². The van der Waals surface area contributed by atoms with Crippen LogP contribution in [-0.2, 0) is 6.54 Å². The van der Waals surface area contributed by atoms with Gasteiger partial charge in [0.25, 0.3) is 0 Å². The van der Waals surface area contributed by atoms with Crippen LogP contribution in [0.5, 0.6) is 0 Å². The van der Waals surface area contributed by atoms with Gasteiger partial charge in [-0.3, -0.25) is 0 Å². The van der Waals surface area contributed by atoms with E-state index in [-0.39, 0.29) is 0 Å². The zero-order valence-corrected chi connectivity index (χ0v) is 13.1. The van der Waals surface area contributed by atoms with E-state index in [1.165, 1.54) is 20.9 Å². The summed E-state index contributed by atoms with van der Waals surface area (Å²) in [7, 11) is 0. The number of fused-ring (bicyclic) bond motifs is 1. The maximum absolute atomic E-state index is 3.67. The second-order valence-electron chi connectivity index (χ2n) is 5.33. The molecule has 1 heterocycles. The van der Waals surface area contributed by atoms with Crippen molar-refractivity contribution < 1.29 is 0 Å². The van der Waals surface area contributed by atoms with Crippen LogP contribution >= 0.6 is 15.9 Å². The summed E-state index contributed by atoms with van der Waals surface area (Å²) in [6, 6.07) is 7.40. The molecule has 0 aliphatic rings. The molecule has 0 aliphatic carbocycles. The van der Waals surface area contributed by atoms with E-state index in [1.807, 2.05) is 0 Å². The van der Waals surface area contributed by atoms with Gasteiger partial charge in [-0.1, -0.05) is 26.0 Å². The van der Waals surface area contributed by atoms with E-state index in [0.717, 1.165) is 6.54 Å². The average Bonchev–Trinajstić information content (AvgIpc) is 2.67.